The maximum Gasteiger partial charge on any atom is 0.0853 e. The van der Waals surface area contributed by atoms with E-state index in [4.69, 9.17) is 0 Å². The summed E-state index contributed by atoms with van der Waals surface area (Å²) >= 11 is 0. The minimum Gasteiger partial charge on any atom is -0.388 e. The van der Waals surface area contributed by atoms with E-state index in [2.05, 4.69) is 25.7 Å². The van der Waals surface area contributed by atoms with Crippen molar-refractivity contribution in [1.82, 2.24) is 0 Å². The van der Waals surface area contributed by atoms with Crippen LogP contribution in [0.3, 0.4) is 0 Å². The molecule has 0 fully saturated rings. The molecule has 0 aliphatic heterocycles. The summed E-state index contributed by atoms with van der Waals surface area (Å²) in [6.45, 7) is 8.01. The quantitative estimate of drug-likeness (QED) is 0.619. The number of aliphatic hydroxyl groups excluding tert-OH is 1. The molecule has 2 aliphatic carbocycles. The van der Waals surface area contributed by atoms with Crippen LogP contribution in [0.1, 0.15) is 20.3 Å². The van der Waals surface area contributed by atoms with Crippen molar-refractivity contribution in [3.63, 3.8) is 0 Å². The van der Waals surface area contributed by atoms with Crippen LogP contribution in [0.4, 0.5) is 0 Å². The molecule has 14 heavy (non-hydrogen) atoms. The Morgan fingerprint density at radius 3 is 2.86 bits per heavy atom. The second kappa shape index (κ2) is 3.25. The van der Waals surface area contributed by atoms with Gasteiger partial charge in [0.05, 0.1) is 6.10 Å². The number of hydrogen-bond acceptors (Lipinski definition) is 1. The first-order valence-electron chi connectivity index (χ1n) is 5.01. The van der Waals surface area contributed by atoms with E-state index in [0.717, 1.165) is 17.6 Å². The van der Waals surface area contributed by atoms with Crippen molar-refractivity contribution in [1.29, 1.82) is 0 Å². The summed E-state index contributed by atoms with van der Waals surface area (Å²) in [6.07, 6.45) is 6.86. The van der Waals surface area contributed by atoms with E-state index in [1.807, 2.05) is 13.0 Å². The lowest BCUT2D eigenvalue weighted by Gasteiger charge is -2.31. The predicted octanol–water partition coefficient (Wildman–Crippen LogP) is 2.76. The van der Waals surface area contributed by atoms with E-state index in [0.29, 0.717) is 0 Å². The molecule has 0 aromatic carbocycles. The molecule has 0 heterocycles. The number of allylic oxidation sites excluding steroid dienone is 4. The summed E-state index contributed by atoms with van der Waals surface area (Å²) in [5, 5.41) is 10.0. The van der Waals surface area contributed by atoms with Gasteiger partial charge in [0.15, 0.2) is 0 Å². The van der Waals surface area contributed by atoms with Crippen molar-refractivity contribution in [3.05, 3.63) is 47.1 Å². The van der Waals surface area contributed by atoms with Crippen LogP contribution in [0.15, 0.2) is 47.1 Å². The maximum atomic E-state index is 10.0. The minimum atomic E-state index is -0.334. The van der Waals surface area contributed by atoms with Gasteiger partial charge in [0.2, 0.25) is 0 Å². The predicted molar refractivity (Wildman–Crippen MR) is 58.9 cm³/mol. The normalized spacial score (nSPS) is 31.6. The highest BCUT2D eigenvalue weighted by atomic mass is 16.3. The Morgan fingerprint density at radius 1 is 1.43 bits per heavy atom. The minimum absolute atomic E-state index is 0.184. The average Bonchev–Trinajstić information content (AvgIpc) is 2.14. The van der Waals surface area contributed by atoms with Gasteiger partial charge >= 0.3 is 0 Å². The molecule has 74 valence electrons. The monoisotopic (exact) mass is 188 g/mol. The molecule has 2 unspecified atom stereocenters. The van der Waals surface area contributed by atoms with E-state index >= 15 is 0 Å². The van der Waals surface area contributed by atoms with Crippen LogP contribution < -0.4 is 0 Å². The van der Waals surface area contributed by atoms with Crippen LogP contribution in [-0.2, 0) is 0 Å². The molecule has 0 bridgehead atoms. The van der Waals surface area contributed by atoms with E-state index < -0.39 is 0 Å². The summed E-state index contributed by atoms with van der Waals surface area (Å²) in [4.78, 5) is 0. The lowest BCUT2D eigenvalue weighted by molar-refractivity contribution is 0.174. The van der Waals surface area contributed by atoms with Crippen molar-refractivity contribution in [2.24, 2.45) is 5.92 Å². The first kappa shape index (κ1) is 9.47. The molecule has 1 N–H and O–H groups in total. The zero-order chi connectivity index (χ0) is 10.3. The SMILES string of the molecule is C=C1C=CC2C(=CC(C)=C(C)C2O)C1. The summed E-state index contributed by atoms with van der Waals surface area (Å²) in [7, 11) is 0. The third-order valence-corrected chi connectivity index (χ3v) is 3.21. The second-order valence-corrected chi connectivity index (χ2v) is 4.25. The lowest BCUT2D eigenvalue weighted by atomic mass is 9.76. The fourth-order valence-corrected chi connectivity index (χ4v) is 2.15. The van der Waals surface area contributed by atoms with Gasteiger partial charge in [0, 0.05) is 5.92 Å². The number of fused-ring (bicyclic) bond motifs is 1. The van der Waals surface area contributed by atoms with Gasteiger partial charge < -0.3 is 5.11 Å². The van der Waals surface area contributed by atoms with Gasteiger partial charge in [-0.25, -0.2) is 0 Å². The highest BCUT2D eigenvalue weighted by molar-refractivity contribution is 5.44. The zero-order valence-electron chi connectivity index (χ0n) is 8.75. The number of rotatable bonds is 0. The van der Waals surface area contributed by atoms with Gasteiger partial charge in [-0.2, -0.15) is 0 Å². The van der Waals surface area contributed by atoms with Gasteiger partial charge in [0.25, 0.3) is 0 Å². The molecule has 0 amide bonds. The van der Waals surface area contributed by atoms with Crippen molar-refractivity contribution in [2.45, 2.75) is 26.4 Å². The number of aliphatic hydroxyl groups is 1. The first-order chi connectivity index (χ1) is 6.59. The van der Waals surface area contributed by atoms with Crippen LogP contribution in [0.25, 0.3) is 0 Å². The van der Waals surface area contributed by atoms with Gasteiger partial charge in [0.1, 0.15) is 0 Å². The molecule has 1 heteroatoms. The van der Waals surface area contributed by atoms with Gasteiger partial charge in [-0.3, -0.25) is 0 Å². The molecule has 2 aliphatic rings. The van der Waals surface area contributed by atoms with Gasteiger partial charge in [-0.15, -0.1) is 0 Å². The largest absolute Gasteiger partial charge is 0.388 e. The summed E-state index contributed by atoms with van der Waals surface area (Å²) in [5.74, 6) is 0.184. The van der Waals surface area contributed by atoms with E-state index in [1.54, 1.807) is 0 Å². The Labute approximate surface area is 85.1 Å². The van der Waals surface area contributed by atoms with Gasteiger partial charge in [-0.05, 0) is 31.4 Å². The third-order valence-electron chi connectivity index (χ3n) is 3.21. The second-order valence-electron chi connectivity index (χ2n) is 4.25. The molecule has 0 aromatic rings. The smallest absolute Gasteiger partial charge is 0.0853 e. The maximum absolute atomic E-state index is 10.0. The zero-order valence-corrected chi connectivity index (χ0v) is 8.75. The first-order valence-corrected chi connectivity index (χ1v) is 5.01. The van der Waals surface area contributed by atoms with Crippen LogP contribution in [-0.4, -0.2) is 11.2 Å². The molecule has 0 aromatic heterocycles. The molecule has 0 saturated heterocycles. The fraction of sp³-hybridized carbons (Fsp3) is 0.385. The highest BCUT2D eigenvalue weighted by Crippen LogP contribution is 2.36. The van der Waals surface area contributed by atoms with E-state index in [1.165, 1.54) is 11.1 Å². The summed E-state index contributed by atoms with van der Waals surface area (Å²) < 4.78 is 0. The van der Waals surface area contributed by atoms with Crippen LogP contribution in [0.5, 0.6) is 0 Å². The summed E-state index contributed by atoms with van der Waals surface area (Å²) in [6, 6.07) is 0. The van der Waals surface area contributed by atoms with Crippen LogP contribution in [0.2, 0.25) is 0 Å². The Bertz CT molecular complexity index is 369. The topological polar surface area (TPSA) is 20.2 Å². The lowest BCUT2D eigenvalue weighted by Crippen LogP contribution is -2.27. The molecule has 1 nitrogen and oxygen atoms in total. The van der Waals surface area contributed by atoms with Crippen molar-refractivity contribution in [2.75, 3.05) is 0 Å². The highest BCUT2D eigenvalue weighted by Gasteiger charge is 2.28. The molecule has 0 radical (unpaired) electrons. The average molecular weight is 188 g/mol. The Hall–Kier alpha value is -1.08. The Morgan fingerprint density at radius 2 is 2.14 bits per heavy atom. The molecule has 2 atom stereocenters. The molecular weight excluding hydrogens is 172 g/mol. The Balaban J connectivity index is 2.43. The molecular formula is C13H16O. The van der Waals surface area contributed by atoms with E-state index in [-0.39, 0.29) is 12.0 Å². The van der Waals surface area contributed by atoms with Crippen molar-refractivity contribution < 1.29 is 5.11 Å². The third kappa shape index (κ3) is 1.38. The molecule has 0 saturated carbocycles. The van der Waals surface area contributed by atoms with Crippen LogP contribution >= 0.6 is 0 Å². The van der Waals surface area contributed by atoms with Gasteiger partial charge in [-0.1, -0.05) is 36.0 Å². The van der Waals surface area contributed by atoms with Crippen molar-refractivity contribution in [3.8, 4) is 0 Å². The summed E-state index contributed by atoms with van der Waals surface area (Å²) in [5.41, 5.74) is 4.72. The molecule has 0 spiro atoms. The molecule has 2 rings (SSSR count). The number of hydrogen-bond donors (Lipinski definition) is 1. The van der Waals surface area contributed by atoms with Crippen LogP contribution in [0, 0.1) is 5.92 Å². The van der Waals surface area contributed by atoms with Crippen molar-refractivity contribution >= 4 is 0 Å². The fourth-order valence-electron chi connectivity index (χ4n) is 2.15. The van der Waals surface area contributed by atoms with E-state index in [9.17, 15) is 5.11 Å². The standard InChI is InChI=1S/C13H16O/c1-8-4-5-12-11(6-8)7-9(2)10(3)13(12)14/h4-5,7,12-14H,1,6H2,2-3H3. The Kier molecular flexibility index (Phi) is 2.20.